The predicted molar refractivity (Wildman–Crippen MR) is 73.4 cm³/mol. The van der Waals surface area contributed by atoms with E-state index >= 15 is 0 Å². The fourth-order valence-corrected chi connectivity index (χ4v) is 2.36. The number of nitrogens with one attached hydrogen (secondary N) is 1. The zero-order valence-corrected chi connectivity index (χ0v) is 12.0. The second-order valence-corrected chi connectivity index (χ2v) is 5.55. The van der Waals surface area contributed by atoms with Gasteiger partial charge in [-0.1, -0.05) is 12.1 Å². The SMILES string of the molecule is CSCCC(C)NCc1cccc(F)c1Br. The first-order valence-electron chi connectivity index (χ1n) is 5.30. The number of halogens is 2. The van der Waals surface area contributed by atoms with E-state index < -0.39 is 0 Å². The Kier molecular flexibility index (Phi) is 6.39. The van der Waals surface area contributed by atoms with E-state index in [1.54, 1.807) is 6.07 Å². The molecule has 1 atom stereocenters. The van der Waals surface area contributed by atoms with Crippen LogP contribution in [0.15, 0.2) is 22.7 Å². The van der Waals surface area contributed by atoms with Crippen molar-refractivity contribution >= 4 is 27.7 Å². The van der Waals surface area contributed by atoms with E-state index in [0.29, 0.717) is 17.1 Å². The van der Waals surface area contributed by atoms with E-state index in [2.05, 4.69) is 34.4 Å². The van der Waals surface area contributed by atoms with Crippen molar-refractivity contribution in [1.82, 2.24) is 5.32 Å². The van der Waals surface area contributed by atoms with Crippen molar-refractivity contribution in [2.45, 2.75) is 25.9 Å². The monoisotopic (exact) mass is 305 g/mol. The minimum absolute atomic E-state index is 0.198. The quantitative estimate of drug-likeness (QED) is 0.857. The topological polar surface area (TPSA) is 12.0 Å². The van der Waals surface area contributed by atoms with Crippen molar-refractivity contribution in [3.05, 3.63) is 34.1 Å². The number of rotatable bonds is 6. The van der Waals surface area contributed by atoms with Crippen LogP contribution in [-0.4, -0.2) is 18.1 Å². The largest absolute Gasteiger partial charge is 0.310 e. The zero-order valence-electron chi connectivity index (χ0n) is 9.59. The molecule has 0 spiro atoms. The van der Waals surface area contributed by atoms with Crippen LogP contribution in [0.3, 0.4) is 0 Å². The fourth-order valence-electron chi connectivity index (χ4n) is 1.37. The summed E-state index contributed by atoms with van der Waals surface area (Å²) in [6.45, 7) is 2.86. The van der Waals surface area contributed by atoms with Gasteiger partial charge in [0.2, 0.25) is 0 Å². The van der Waals surface area contributed by atoms with Crippen LogP contribution in [0, 0.1) is 5.82 Å². The summed E-state index contributed by atoms with van der Waals surface area (Å²) in [7, 11) is 0. The molecule has 1 aromatic rings. The Bertz CT molecular complexity index is 333. The summed E-state index contributed by atoms with van der Waals surface area (Å²) in [4.78, 5) is 0. The number of thioether (sulfide) groups is 1. The molecule has 0 bridgehead atoms. The Morgan fingerprint density at radius 3 is 2.94 bits per heavy atom. The van der Waals surface area contributed by atoms with Gasteiger partial charge in [-0.2, -0.15) is 11.8 Å². The molecule has 0 aliphatic rings. The van der Waals surface area contributed by atoms with Gasteiger partial charge in [-0.3, -0.25) is 0 Å². The zero-order chi connectivity index (χ0) is 12.0. The normalized spacial score (nSPS) is 12.8. The van der Waals surface area contributed by atoms with Gasteiger partial charge in [0.1, 0.15) is 5.82 Å². The smallest absolute Gasteiger partial charge is 0.137 e. The van der Waals surface area contributed by atoms with E-state index in [-0.39, 0.29) is 5.82 Å². The van der Waals surface area contributed by atoms with Crippen molar-refractivity contribution < 1.29 is 4.39 Å². The molecule has 1 aromatic carbocycles. The van der Waals surface area contributed by atoms with Crippen LogP contribution in [0.4, 0.5) is 4.39 Å². The molecule has 90 valence electrons. The molecule has 0 saturated heterocycles. The van der Waals surface area contributed by atoms with Crippen molar-refractivity contribution in [3.63, 3.8) is 0 Å². The molecule has 1 nitrogen and oxygen atoms in total. The van der Waals surface area contributed by atoms with Crippen LogP contribution in [0.1, 0.15) is 18.9 Å². The standard InChI is InChI=1S/C12H17BrFNS/c1-9(6-7-16-2)15-8-10-4-3-5-11(14)12(10)13/h3-5,9,15H,6-8H2,1-2H3. The molecule has 0 heterocycles. The first-order valence-corrected chi connectivity index (χ1v) is 7.49. The van der Waals surface area contributed by atoms with Gasteiger partial charge < -0.3 is 5.32 Å². The molecule has 1 unspecified atom stereocenters. The molecular weight excluding hydrogens is 289 g/mol. The highest BCUT2D eigenvalue weighted by Gasteiger charge is 2.06. The maximum absolute atomic E-state index is 13.2. The lowest BCUT2D eigenvalue weighted by molar-refractivity contribution is 0.533. The van der Waals surface area contributed by atoms with Gasteiger partial charge in [-0.15, -0.1) is 0 Å². The van der Waals surface area contributed by atoms with Gasteiger partial charge in [-0.25, -0.2) is 4.39 Å². The molecule has 0 radical (unpaired) electrons. The van der Waals surface area contributed by atoms with Crippen molar-refractivity contribution in [2.75, 3.05) is 12.0 Å². The Morgan fingerprint density at radius 2 is 2.25 bits per heavy atom. The minimum Gasteiger partial charge on any atom is -0.310 e. The molecule has 16 heavy (non-hydrogen) atoms. The molecule has 1 N–H and O–H groups in total. The second-order valence-electron chi connectivity index (χ2n) is 3.78. The summed E-state index contributed by atoms with van der Waals surface area (Å²) in [5, 5.41) is 3.39. The van der Waals surface area contributed by atoms with E-state index in [4.69, 9.17) is 0 Å². The molecule has 0 aliphatic carbocycles. The predicted octanol–water partition coefficient (Wildman–Crippen LogP) is 3.82. The third kappa shape index (κ3) is 4.44. The Morgan fingerprint density at radius 1 is 1.50 bits per heavy atom. The van der Waals surface area contributed by atoms with Gasteiger partial charge in [0.05, 0.1) is 4.47 Å². The number of benzene rings is 1. The highest BCUT2D eigenvalue weighted by Crippen LogP contribution is 2.20. The highest BCUT2D eigenvalue weighted by molar-refractivity contribution is 9.10. The van der Waals surface area contributed by atoms with Crippen LogP contribution in [0.5, 0.6) is 0 Å². The maximum atomic E-state index is 13.2. The molecule has 0 fully saturated rings. The van der Waals surface area contributed by atoms with Gasteiger partial charge in [0.25, 0.3) is 0 Å². The molecule has 0 amide bonds. The lowest BCUT2D eigenvalue weighted by Crippen LogP contribution is -2.26. The average molecular weight is 306 g/mol. The van der Waals surface area contributed by atoms with Crippen LogP contribution < -0.4 is 5.32 Å². The van der Waals surface area contributed by atoms with Crippen molar-refractivity contribution in [2.24, 2.45) is 0 Å². The van der Waals surface area contributed by atoms with Crippen molar-refractivity contribution in [1.29, 1.82) is 0 Å². The highest BCUT2D eigenvalue weighted by atomic mass is 79.9. The Balaban J connectivity index is 2.45. The summed E-state index contributed by atoms with van der Waals surface area (Å²) in [5.41, 5.74) is 0.969. The minimum atomic E-state index is -0.198. The van der Waals surface area contributed by atoms with E-state index in [1.165, 1.54) is 6.07 Å². The molecular formula is C12H17BrFNS. The molecule has 4 heteroatoms. The Hall–Kier alpha value is -0.0600. The summed E-state index contributed by atoms with van der Waals surface area (Å²) in [6, 6.07) is 5.60. The van der Waals surface area contributed by atoms with Crippen LogP contribution in [-0.2, 0) is 6.54 Å². The van der Waals surface area contributed by atoms with E-state index in [9.17, 15) is 4.39 Å². The van der Waals surface area contributed by atoms with Gasteiger partial charge in [0.15, 0.2) is 0 Å². The van der Waals surface area contributed by atoms with Crippen molar-refractivity contribution in [3.8, 4) is 0 Å². The second kappa shape index (κ2) is 7.30. The van der Waals surface area contributed by atoms with Gasteiger partial charge in [0, 0.05) is 12.6 Å². The lowest BCUT2D eigenvalue weighted by atomic mass is 10.2. The molecule has 1 rings (SSSR count). The Labute approximate surface area is 109 Å². The summed E-state index contributed by atoms with van der Waals surface area (Å²) in [5.74, 6) is 0.953. The number of hydrogen-bond acceptors (Lipinski definition) is 2. The molecule has 0 saturated carbocycles. The number of hydrogen-bond donors (Lipinski definition) is 1. The fraction of sp³-hybridized carbons (Fsp3) is 0.500. The van der Waals surface area contributed by atoms with E-state index in [0.717, 1.165) is 17.7 Å². The van der Waals surface area contributed by atoms with E-state index in [1.807, 2.05) is 17.8 Å². The first kappa shape index (κ1) is 14.0. The van der Waals surface area contributed by atoms with Crippen LogP contribution in [0.2, 0.25) is 0 Å². The lowest BCUT2D eigenvalue weighted by Gasteiger charge is -2.14. The summed E-state index contributed by atoms with van der Waals surface area (Å²) >= 11 is 5.11. The average Bonchev–Trinajstić information content (AvgIpc) is 2.28. The first-order chi connectivity index (χ1) is 7.65. The molecule has 0 aliphatic heterocycles. The van der Waals surface area contributed by atoms with Crippen LogP contribution in [0.25, 0.3) is 0 Å². The van der Waals surface area contributed by atoms with Gasteiger partial charge in [-0.05, 0) is 52.9 Å². The third-order valence-corrected chi connectivity index (χ3v) is 3.96. The third-order valence-electron chi connectivity index (χ3n) is 2.43. The molecule has 0 aromatic heterocycles. The summed E-state index contributed by atoms with van der Waals surface area (Å²) in [6.07, 6.45) is 3.24. The maximum Gasteiger partial charge on any atom is 0.137 e. The van der Waals surface area contributed by atoms with Gasteiger partial charge >= 0.3 is 0 Å². The van der Waals surface area contributed by atoms with Crippen LogP contribution >= 0.6 is 27.7 Å². The summed E-state index contributed by atoms with van der Waals surface area (Å²) < 4.78 is 13.8.